The second-order valence-corrected chi connectivity index (χ2v) is 17.7. The molecule has 3 atom stereocenters. The van der Waals surface area contributed by atoms with Crippen LogP contribution in [0.25, 0.3) is 0 Å². The zero-order valence-corrected chi connectivity index (χ0v) is 43.6. The predicted molar refractivity (Wildman–Crippen MR) is 279 cm³/mol. The predicted octanol–water partition coefficient (Wildman–Crippen LogP) is 0.128. The summed E-state index contributed by atoms with van der Waals surface area (Å²) in [7, 11) is 3.34. The normalized spacial score (nSPS) is 12.1. The zero-order valence-electron chi connectivity index (χ0n) is 41.5. The van der Waals surface area contributed by atoms with Crippen molar-refractivity contribution in [2.24, 2.45) is 11.5 Å². The maximum atomic E-state index is 13.2. The molecule has 0 bridgehead atoms. The van der Waals surface area contributed by atoms with Gasteiger partial charge in [0.05, 0.1) is 51.7 Å². The molecule has 0 spiro atoms. The fourth-order valence-corrected chi connectivity index (χ4v) is 7.22. The molecular weight excluding hydrogens is 1030 g/mol. The summed E-state index contributed by atoms with van der Waals surface area (Å²) in [5.74, 6) is -2.40. The molecule has 12 N–H and O–H groups in total. The van der Waals surface area contributed by atoms with Gasteiger partial charge in [-0.2, -0.15) is 0 Å². The van der Waals surface area contributed by atoms with Crippen molar-refractivity contribution < 1.29 is 57.3 Å². The number of carbonyl (C=O) groups excluding carboxylic acids is 8. The minimum absolute atomic E-state index is 0. The first-order valence-corrected chi connectivity index (χ1v) is 25.4. The molecule has 0 aliphatic rings. The molecule has 0 radical (unpaired) electrons. The van der Waals surface area contributed by atoms with Gasteiger partial charge in [0.2, 0.25) is 47.3 Å². The van der Waals surface area contributed by atoms with E-state index in [0.717, 1.165) is 15.6 Å². The zero-order chi connectivity index (χ0) is 51.8. The topological polar surface area (TPSA) is 322 Å². The second-order valence-electron chi connectivity index (χ2n) is 16.6. The molecule has 0 unspecified atom stereocenters. The third-order valence-electron chi connectivity index (χ3n) is 10.8. The van der Waals surface area contributed by atoms with Gasteiger partial charge in [0.15, 0.2) is 0 Å². The summed E-state index contributed by atoms with van der Waals surface area (Å²) in [6.07, 6.45) is 6.83. The number of hydrogen-bond donors (Lipinski definition) is 10. The molecule has 0 heterocycles. The Morgan fingerprint density at radius 1 is 0.521 bits per heavy atom. The van der Waals surface area contributed by atoms with Gasteiger partial charge in [-0.25, -0.2) is 0 Å². The average Bonchev–Trinajstić information content (AvgIpc) is 3.32. The van der Waals surface area contributed by atoms with Crippen LogP contribution in [0.2, 0.25) is 0 Å². The molecule has 0 saturated heterocycles. The number of nitrogens with two attached hydrogens (primary N) is 2. The summed E-state index contributed by atoms with van der Waals surface area (Å²) in [4.78, 5) is 97.4. The smallest absolute Gasteiger partial charge is 0.246 e. The number of halogens is 1. The van der Waals surface area contributed by atoms with Gasteiger partial charge in [0.25, 0.3) is 0 Å². The Morgan fingerprint density at radius 2 is 0.958 bits per heavy atom. The summed E-state index contributed by atoms with van der Waals surface area (Å²) < 4.78 is 22.6. The van der Waals surface area contributed by atoms with Crippen molar-refractivity contribution in [1.29, 1.82) is 0 Å². The largest absolute Gasteiger partial charge is 0.377 e. The van der Waals surface area contributed by atoms with Crippen molar-refractivity contribution in [3.63, 3.8) is 0 Å². The van der Waals surface area contributed by atoms with Crippen LogP contribution in [0.5, 0.6) is 0 Å². The monoisotopic (exact) mass is 1120 g/mol. The van der Waals surface area contributed by atoms with Gasteiger partial charge in [-0.3, -0.25) is 38.4 Å². The number of primary amides is 2. The molecule has 1 aromatic carbocycles. The summed E-state index contributed by atoms with van der Waals surface area (Å²) in [5.41, 5.74) is 13.0. The van der Waals surface area contributed by atoms with Gasteiger partial charge in [-0.15, -0.1) is 0 Å². The Morgan fingerprint density at radius 3 is 1.46 bits per heavy atom. The first kappa shape index (κ1) is 66.5. The van der Waals surface area contributed by atoms with E-state index in [1.54, 1.807) is 14.1 Å². The van der Waals surface area contributed by atoms with Crippen LogP contribution in [0.3, 0.4) is 0 Å². The van der Waals surface area contributed by atoms with Crippen molar-refractivity contribution in [2.75, 3.05) is 99.7 Å². The van der Waals surface area contributed by atoms with Crippen molar-refractivity contribution >= 4 is 69.8 Å². The van der Waals surface area contributed by atoms with Gasteiger partial charge >= 0.3 is 0 Å². The number of benzene rings is 1. The highest BCUT2D eigenvalue weighted by Crippen LogP contribution is 2.15. The molecular formula is C48H85IN10O12. The Labute approximate surface area is 434 Å². The Bertz CT molecular complexity index is 1710. The quantitative estimate of drug-likeness (QED) is 0.0307. The summed E-state index contributed by atoms with van der Waals surface area (Å²) in [6, 6.07) is 4.54. The van der Waals surface area contributed by atoms with E-state index in [1.165, 1.54) is 5.56 Å². The van der Waals surface area contributed by atoms with Gasteiger partial charge < -0.3 is 72.9 Å². The number of nitrogens with one attached hydrogen (secondary N) is 8. The standard InChI is InChI=1S/C47H81IN10O12.CH4/c1-34-16-17-35(31-36(34)48)18-19-41(60)53-20-8-6-13-39(47(66)57-22-9-5-12-38(52-3)46(50)65)58-42(61)15-10-14-40(59)55-23-25-67-27-30-70-33-44(63)56-24-26-68-28-29-69-32-43(62)54-21-7-4-11-37(51-2)45(49)64;/h16-17,31,37-39,51-52H,4-15,18-30,32-33H2,1-3H3,(H2,49,64)(H2,50,65)(H,53,60)(H,54,62)(H,55,59)(H,56,63)(H,57,66)(H,58,61);1H4/t37-,38+,39-;/m0./s1/i48-2;. The number of likely N-dealkylation sites (N-methyl/N-ethyl adjacent to an activating group) is 2. The Kier molecular flexibility index (Phi) is 40.3. The molecule has 71 heavy (non-hydrogen) atoms. The number of unbranched alkanes of at least 4 members (excludes halogenated alkanes) is 3. The van der Waals surface area contributed by atoms with Crippen molar-refractivity contribution in [1.82, 2.24) is 42.5 Å². The van der Waals surface area contributed by atoms with Crippen LogP contribution in [-0.2, 0) is 63.7 Å². The molecule has 22 nitrogen and oxygen atoms in total. The molecule has 23 heteroatoms. The minimum Gasteiger partial charge on any atom is -0.377 e. The lowest BCUT2D eigenvalue weighted by Crippen LogP contribution is -2.47. The van der Waals surface area contributed by atoms with E-state index in [0.29, 0.717) is 83.8 Å². The molecule has 406 valence electrons. The second kappa shape index (κ2) is 43.1. The van der Waals surface area contributed by atoms with Crippen LogP contribution in [0.1, 0.15) is 102 Å². The van der Waals surface area contributed by atoms with E-state index in [2.05, 4.69) is 71.2 Å². The number of carbonyl (C=O) groups is 8. The van der Waals surface area contributed by atoms with E-state index in [-0.39, 0.29) is 134 Å². The maximum absolute atomic E-state index is 13.2. The van der Waals surface area contributed by atoms with Crippen LogP contribution in [0.4, 0.5) is 0 Å². The van der Waals surface area contributed by atoms with Crippen molar-refractivity contribution in [2.45, 2.75) is 122 Å². The highest BCUT2D eigenvalue weighted by Gasteiger charge is 2.21. The molecule has 0 saturated carbocycles. The van der Waals surface area contributed by atoms with Gasteiger partial charge in [-0.1, -0.05) is 19.6 Å². The van der Waals surface area contributed by atoms with Crippen molar-refractivity contribution in [3.05, 3.63) is 32.9 Å². The van der Waals surface area contributed by atoms with E-state index in [1.807, 2.05) is 19.1 Å². The first-order valence-electron chi connectivity index (χ1n) is 24.3. The van der Waals surface area contributed by atoms with Crippen LogP contribution in [0, 0.1) is 10.5 Å². The van der Waals surface area contributed by atoms with Crippen LogP contribution in [-0.4, -0.2) is 165 Å². The van der Waals surface area contributed by atoms with E-state index >= 15 is 0 Å². The Hall–Kier alpha value is -4.53. The molecule has 8 amide bonds. The Balaban J connectivity index is 0.0000490. The van der Waals surface area contributed by atoms with Crippen LogP contribution in [0.15, 0.2) is 18.2 Å². The summed E-state index contributed by atoms with van der Waals surface area (Å²) in [6.45, 7) is 4.89. The molecule has 0 aliphatic carbocycles. The van der Waals surface area contributed by atoms with E-state index in [9.17, 15) is 38.4 Å². The third kappa shape index (κ3) is 36.1. The number of amides is 8. The summed E-state index contributed by atoms with van der Waals surface area (Å²) >= 11 is 2.28. The summed E-state index contributed by atoms with van der Waals surface area (Å²) in [5, 5.41) is 22.5. The number of rotatable bonds is 44. The fraction of sp³-hybridized carbons (Fsp3) is 0.708. The first-order chi connectivity index (χ1) is 33.7. The lowest BCUT2D eigenvalue weighted by Gasteiger charge is -2.19. The number of ether oxygens (including phenoxy) is 4. The SMILES string of the molecule is C.CN[C@@H](CCCCNC(=O)COCCOCCNC(=O)COCCOCCNC(=O)CCCC(=O)N[C@@H](CCCCNC(=O)CCc1ccc(C)c([125I])c1)C(=O)NCCCC[C@@H](NC)C(N)=O)C(N)=O. The molecule has 0 fully saturated rings. The van der Waals surface area contributed by atoms with Crippen molar-refractivity contribution in [3.8, 4) is 0 Å². The maximum Gasteiger partial charge on any atom is 0.246 e. The molecule has 0 aliphatic heterocycles. The highest BCUT2D eigenvalue weighted by atomic mass is 125. The fourth-order valence-electron chi connectivity index (χ4n) is 6.64. The average molecular weight is 1120 g/mol. The third-order valence-corrected chi connectivity index (χ3v) is 11.9. The molecule has 0 aromatic heterocycles. The van der Waals surface area contributed by atoms with Gasteiger partial charge in [0, 0.05) is 55.6 Å². The van der Waals surface area contributed by atoms with Crippen LogP contribution >= 0.6 is 22.6 Å². The highest BCUT2D eigenvalue weighted by molar-refractivity contribution is 14.1. The lowest BCUT2D eigenvalue weighted by atomic mass is 10.1. The van der Waals surface area contributed by atoms with E-state index < -0.39 is 23.9 Å². The number of aryl methyl sites for hydroxylation is 2. The molecule has 1 aromatic rings. The van der Waals surface area contributed by atoms with Crippen LogP contribution < -0.4 is 54.0 Å². The van der Waals surface area contributed by atoms with Gasteiger partial charge in [0.1, 0.15) is 19.3 Å². The van der Waals surface area contributed by atoms with E-state index in [4.69, 9.17) is 30.4 Å². The number of hydrogen-bond acceptors (Lipinski definition) is 14. The van der Waals surface area contributed by atoms with Gasteiger partial charge in [-0.05, 0) is 131 Å². The lowest BCUT2D eigenvalue weighted by molar-refractivity contribution is -0.129. The molecule has 1 rings (SSSR count). The minimum atomic E-state index is -0.795.